The van der Waals surface area contributed by atoms with Crippen molar-refractivity contribution in [2.45, 2.75) is 58.3 Å². The molecule has 2 N–H and O–H groups in total. The lowest BCUT2D eigenvalue weighted by Gasteiger charge is -2.26. The van der Waals surface area contributed by atoms with Gasteiger partial charge in [-0.3, -0.25) is 0 Å². The zero-order chi connectivity index (χ0) is 21.9. The molecule has 1 aliphatic rings. The summed E-state index contributed by atoms with van der Waals surface area (Å²) < 4.78 is 11.5. The van der Waals surface area contributed by atoms with Crippen LogP contribution in [0.15, 0.2) is 59.6 Å². The van der Waals surface area contributed by atoms with Gasteiger partial charge in [0, 0.05) is 31.7 Å². The Morgan fingerprint density at radius 1 is 1.03 bits per heavy atom. The van der Waals surface area contributed by atoms with E-state index in [-0.39, 0.29) is 29.4 Å². The fourth-order valence-corrected chi connectivity index (χ4v) is 3.68. The summed E-state index contributed by atoms with van der Waals surface area (Å²) in [7, 11) is 0. The van der Waals surface area contributed by atoms with Crippen LogP contribution in [0.5, 0.6) is 0 Å². The summed E-state index contributed by atoms with van der Waals surface area (Å²) in [6.45, 7) is 11.1. The predicted molar refractivity (Wildman–Crippen MR) is 143 cm³/mol. The molecule has 2 aromatic carbocycles. The molecule has 2 aromatic rings. The van der Waals surface area contributed by atoms with Crippen molar-refractivity contribution in [3.63, 3.8) is 0 Å². The average Bonchev–Trinajstić information content (AvgIpc) is 2.81. The molecule has 1 saturated heterocycles. The molecule has 0 spiro atoms. The van der Waals surface area contributed by atoms with Crippen LogP contribution in [-0.4, -0.2) is 38.4 Å². The molecule has 0 aliphatic carbocycles. The Kier molecular flexibility index (Phi) is 11.5. The van der Waals surface area contributed by atoms with Crippen LogP contribution in [0.25, 0.3) is 0 Å². The minimum absolute atomic E-state index is 0. The first kappa shape index (κ1) is 26.6. The topological polar surface area (TPSA) is 54.9 Å². The second-order valence-corrected chi connectivity index (χ2v) is 8.74. The van der Waals surface area contributed by atoms with E-state index in [1.165, 1.54) is 16.7 Å². The van der Waals surface area contributed by atoms with E-state index in [0.717, 1.165) is 45.1 Å². The molecule has 1 aliphatic heterocycles. The highest BCUT2D eigenvalue weighted by molar-refractivity contribution is 14.0. The number of hydrogen-bond acceptors (Lipinski definition) is 3. The molecule has 3 rings (SSSR count). The highest BCUT2D eigenvalue weighted by Gasteiger charge is 2.20. The Morgan fingerprint density at radius 2 is 1.75 bits per heavy atom. The Balaban J connectivity index is 0.00000363. The van der Waals surface area contributed by atoms with Crippen molar-refractivity contribution in [3.05, 3.63) is 71.3 Å². The van der Waals surface area contributed by atoms with Gasteiger partial charge in [0.15, 0.2) is 5.96 Å². The second kappa shape index (κ2) is 13.8. The summed E-state index contributed by atoms with van der Waals surface area (Å²) in [6, 6.07) is 19.1. The van der Waals surface area contributed by atoms with E-state index in [1.807, 2.05) is 0 Å². The van der Waals surface area contributed by atoms with Crippen LogP contribution < -0.4 is 10.6 Å². The van der Waals surface area contributed by atoms with E-state index < -0.39 is 0 Å². The summed E-state index contributed by atoms with van der Waals surface area (Å²) in [4.78, 5) is 4.81. The molecule has 1 heterocycles. The molecule has 176 valence electrons. The Hall–Kier alpha value is -1.64. The van der Waals surface area contributed by atoms with E-state index >= 15 is 0 Å². The maximum absolute atomic E-state index is 6.07. The monoisotopic (exact) mass is 551 g/mol. The van der Waals surface area contributed by atoms with Gasteiger partial charge < -0.3 is 20.1 Å². The van der Waals surface area contributed by atoms with Gasteiger partial charge in [-0.05, 0) is 36.5 Å². The summed E-state index contributed by atoms with van der Waals surface area (Å²) >= 11 is 0. The van der Waals surface area contributed by atoms with Crippen LogP contribution in [0.2, 0.25) is 0 Å². The fraction of sp³-hybridized carbons (Fsp3) is 0.500. The molecule has 0 bridgehead atoms. The molecule has 32 heavy (non-hydrogen) atoms. The minimum Gasteiger partial charge on any atom is -0.381 e. The van der Waals surface area contributed by atoms with Gasteiger partial charge in [0.1, 0.15) is 0 Å². The van der Waals surface area contributed by atoms with Crippen LogP contribution in [0.1, 0.15) is 50.3 Å². The van der Waals surface area contributed by atoms with Gasteiger partial charge in [-0.15, -0.1) is 24.0 Å². The van der Waals surface area contributed by atoms with Gasteiger partial charge in [-0.2, -0.15) is 0 Å². The Labute approximate surface area is 210 Å². The quantitative estimate of drug-likeness (QED) is 0.261. The first-order chi connectivity index (χ1) is 15.1. The van der Waals surface area contributed by atoms with E-state index in [4.69, 9.17) is 14.5 Å². The molecule has 6 heteroatoms. The largest absolute Gasteiger partial charge is 0.381 e. The number of benzene rings is 2. The SMILES string of the molecule is CCNC(=NCc1cccc(COC2CCOCC2)c1)NCC(C)(C)c1ccccc1.I. The van der Waals surface area contributed by atoms with Crippen molar-refractivity contribution >= 4 is 29.9 Å². The van der Waals surface area contributed by atoms with E-state index in [0.29, 0.717) is 19.3 Å². The minimum atomic E-state index is 0. The molecule has 0 aromatic heterocycles. The highest BCUT2D eigenvalue weighted by Crippen LogP contribution is 2.21. The van der Waals surface area contributed by atoms with E-state index in [1.54, 1.807) is 0 Å². The summed E-state index contributed by atoms with van der Waals surface area (Å²) in [5.41, 5.74) is 3.71. The van der Waals surface area contributed by atoms with Gasteiger partial charge in [0.2, 0.25) is 0 Å². The van der Waals surface area contributed by atoms with Crippen LogP contribution in [0.3, 0.4) is 0 Å². The molecule has 0 saturated carbocycles. The maximum Gasteiger partial charge on any atom is 0.191 e. The lowest BCUT2D eigenvalue weighted by Crippen LogP contribution is -2.43. The number of nitrogens with one attached hydrogen (secondary N) is 2. The highest BCUT2D eigenvalue weighted by atomic mass is 127. The summed E-state index contributed by atoms with van der Waals surface area (Å²) in [5, 5.41) is 6.88. The van der Waals surface area contributed by atoms with Crippen molar-refractivity contribution < 1.29 is 9.47 Å². The third-order valence-corrected chi connectivity index (χ3v) is 5.66. The van der Waals surface area contributed by atoms with Crippen LogP contribution in [0.4, 0.5) is 0 Å². The maximum atomic E-state index is 6.07. The van der Waals surface area contributed by atoms with Crippen LogP contribution in [0, 0.1) is 0 Å². The number of guanidine groups is 1. The number of aliphatic imine (C=N–C) groups is 1. The lowest BCUT2D eigenvalue weighted by atomic mass is 9.85. The third-order valence-electron chi connectivity index (χ3n) is 5.66. The number of nitrogens with zero attached hydrogens (tertiary/aromatic N) is 1. The Morgan fingerprint density at radius 3 is 2.47 bits per heavy atom. The van der Waals surface area contributed by atoms with Gasteiger partial charge >= 0.3 is 0 Å². The van der Waals surface area contributed by atoms with Gasteiger partial charge in [-0.25, -0.2) is 4.99 Å². The molecule has 0 amide bonds. The van der Waals surface area contributed by atoms with E-state index in [9.17, 15) is 0 Å². The van der Waals surface area contributed by atoms with Crippen LogP contribution >= 0.6 is 24.0 Å². The second-order valence-electron chi connectivity index (χ2n) is 8.74. The molecule has 0 atom stereocenters. The summed E-state index contributed by atoms with van der Waals surface area (Å²) in [6.07, 6.45) is 2.29. The average molecular weight is 552 g/mol. The van der Waals surface area contributed by atoms with Crippen molar-refractivity contribution in [2.75, 3.05) is 26.3 Å². The standard InChI is InChI=1S/C26H37N3O2.HI/c1-4-27-25(29-20-26(2,3)23-11-6-5-7-12-23)28-18-21-9-8-10-22(17-21)19-31-24-13-15-30-16-14-24;/h5-12,17,24H,4,13-16,18-20H2,1-3H3,(H2,27,28,29);1H. The van der Waals surface area contributed by atoms with E-state index in [2.05, 4.69) is 86.0 Å². The number of hydrogen-bond donors (Lipinski definition) is 2. The van der Waals surface area contributed by atoms with Crippen molar-refractivity contribution in [1.82, 2.24) is 10.6 Å². The van der Waals surface area contributed by atoms with Crippen LogP contribution in [-0.2, 0) is 28.0 Å². The number of ether oxygens (including phenoxy) is 2. The molecule has 1 fully saturated rings. The molecule has 0 unspecified atom stereocenters. The third kappa shape index (κ3) is 8.71. The van der Waals surface area contributed by atoms with Crippen molar-refractivity contribution in [3.8, 4) is 0 Å². The predicted octanol–water partition coefficient (Wildman–Crippen LogP) is 5.03. The zero-order valence-corrected chi connectivity index (χ0v) is 21.9. The number of rotatable bonds is 9. The van der Waals surface area contributed by atoms with Crippen molar-refractivity contribution in [1.29, 1.82) is 0 Å². The first-order valence-electron chi connectivity index (χ1n) is 11.4. The molecular formula is C26H38IN3O2. The molecule has 5 nitrogen and oxygen atoms in total. The summed E-state index contributed by atoms with van der Waals surface area (Å²) in [5.74, 6) is 0.843. The molecule has 0 radical (unpaired) electrons. The molecular weight excluding hydrogens is 513 g/mol. The van der Waals surface area contributed by atoms with Crippen molar-refractivity contribution in [2.24, 2.45) is 4.99 Å². The normalized spacial score (nSPS) is 15.2. The first-order valence-corrected chi connectivity index (χ1v) is 11.4. The zero-order valence-electron chi connectivity index (χ0n) is 19.6. The Bertz CT molecular complexity index is 821. The van der Waals surface area contributed by atoms with Gasteiger partial charge in [0.25, 0.3) is 0 Å². The van der Waals surface area contributed by atoms with Gasteiger partial charge in [0.05, 0.1) is 19.3 Å². The lowest BCUT2D eigenvalue weighted by molar-refractivity contribution is -0.0390. The smallest absolute Gasteiger partial charge is 0.191 e. The van der Waals surface area contributed by atoms with Gasteiger partial charge in [-0.1, -0.05) is 68.4 Å². The number of halogens is 1. The fourth-order valence-electron chi connectivity index (χ4n) is 3.68.